The molecular weight excluding hydrogens is 326 g/mol. The van der Waals surface area contributed by atoms with E-state index in [2.05, 4.69) is 15.9 Å². The second kappa shape index (κ2) is 5.52. The third-order valence-electron chi connectivity index (χ3n) is 3.46. The third kappa shape index (κ3) is 2.57. The van der Waals surface area contributed by atoms with Crippen LogP contribution in [0, 0.1) is 11.6 Å². The van der Waals surface area contributed by atoms with Gasteiger partial charge in [0.05, 0.1) is 11.4 Å². The summed E-state index contributed by atoms with van der Waals surface area (Å²) in [6.45, 7) is 0.747. The summed E-state index contributed by atoms with van der Waals surface area (Å²) in [5.74, 6) is -0.204. The van der Waals surface area contributed by atoms with Gasteiger partial charge in [0.15, 0.2) is 0 Å². The first-order valence-corrected chi connectivity index (χ1v) is 7.41. The van der Waals surface area contributed by atoms with Crippen LogP contribution in [-0.4, -0.2) is 6.61 Å². The van der Waals surface area contributed by atoms with E-state index in [1.54, 1.807) is 0 Å². The van der Waals surface area contributed by atoms with Gasteiger partial charge in [-0.25, -0.2) is 8.78 Å². The van der Waals surface area contributed by atoms with Gasteiger partial charge < -0.3 is 4.74 Å². The maximum absolute atomic E-state index is 13.8. The molecule has 3 rings (SSSR count). The molecule has 2 aromatic carbocycles. The molecule has 0 spiro atoms. The van der Waals surface area contributed by atoms with Gasteiger partial charge in [-0.1, -0.05) is 34.1 Å². The van der Waals surface area contributed by atoms with Crippen LogP contribution in [0.25, 0.3) is 0 Å². The molecule has 0 saturated carbocycles. The molecule has 0 amide bonds. The van der Waals surface area contributed by atoms with E-state index in [0.717, 1.165) is 42.4 Å². The fraction of sp³-hybridized carbons (Fsp3) is 0.250. The molecule has 1 nitrogen and oxygen atoms in total. The van der Waals surface area contributed by atoms with Crippen molar-refractivity contribution in [3.8, 4) is 5.75 Å². The van der Waals surface area contributed by atoms with Crippen molar-refractivity contribution in [3.63, 3.8) is 0 Å². The number of hydrogen-bond acceptors (Lipinski definition) is 1. The van der Waals surface area contributed by atoms with Crippen molar-refractivity contribution in [1.29, 1.82) is 0 Å². The van der Waals surface area contributed by atoms with Crippen LogP contribution in [0.1, 0.15) is 27.9 Å². The number of alkyl halides is 1. The van der Waals surface area contributed by atoms with Crippen molar-refractivity contribution < 1.29 is 13.5 Å². The van der Waals surface area contributed by atoms with Gasteiger partial charge in [0.1, 0.15) is 17.4 Å². The van der Waals surface area contributed by atoms with E-state index in [4.69, 9.17) is 4.74 Å². The highest BCUT2D eigenvalue weighted by Crippen LogP contribution is 2.36. The second-order valence-electron chi connectivity index (χ2n) is 4.85. The Balaban J connectivity index is 1.95. The Kier molecular flexibility index (Phi) is 3.74. The molecule has 0 N–H and O–H groups in total. The van der Waals surface area contributed by atoms with Crippen LogP contribution >= 0.6 is 15.9 Å². The van der Waals surface area contributed by atoms with Crippen molar-refractivity contribution in [3.05, 3.63) is 64.7 Å². The van der Waals surface area contributed by atoms with Crippen LogP contribution in [0.15, 0.2) is 36.4 Å². The van der Waals surface area contributed by atoms with Gasteiger partial charge in [-0.2, -0.15) is 0 Å². The average Bonchev–Trinajstić information content (AvgIpc) is 2.46. The van der Waals surface area contributed by atoms with Crippen molar-refractivity contribution in [2.75, 3.05) is 6.61 Å². The van der Waals surface area contributed by atoms with E-state index in [0.29, 0.717) is 5.56 Å². The standard InChI is InChI=1S/C16H13BrF2O/c17-16(13-5-4-12(18)9-14(13)19)11-3-6-15-10(8-11)2-1-7-20-15/h3-6,8-9,16H,1-2,7H2. The number of rotatable bonds is 2. The van der Waals surface area contributed by atoms with Gasteiger partial charge >= 0.3 is 0 Å². The van der Waals surface area contributed by atoms with Gasteiger partial charge in [-0.05, 0) is 36.1 Å². The maximum atomic E-state index is 13.8. The summed E-state index contributed by atoms with van der Waals surface area (Å²) in [7, 11) is 0. The minimum Gasteiger partial charge on any atom is -0.493 e. The molecule has 0 radical (unpaired) electrons. The summed E-state index contributed by atoms with van der Waals surface area (Å²) in [5.41, 5.74) is 2.52. The zero-order chi connectivity index (χ0) is 14.1. The highest BCUT2D eigenvalue weighted by molar-refractivity contribution is 9.09. The van der Waals surface area contributed by atoms with E-state index >= 15 is 0 Å². The number of fused-ring (bicyclic) bond motifs is 1. The minimum absolute atomic E-state index is 0.296. The first-order chi connectivity index (χ1) is 9.65. The summed E-state index contributed by atoms with van der Waals surface area (Å²) in [6, 6.07) is 9.50. The molecule has 0 fully saturated rings. The maximum Gasteiger partial charge on any atom is 0.130 e. The van der Waals surface area contributed by atoms with Gasteiger partial charge in [-0.15, -0.1) is 0 Å². The smallest absolute Gasteiger partial charge is 0.130 e. The Labute approximate surface area is 124 Å². The van der Waals surface area contributed by atoms with Crippen molar-refractivity contribution in [2.24, 2.45) is 0 Å². The van der Waals surface area contributed by atoms with Crippen molar-refractivity contribution in [1.82, 2.24) is 0 Å². The lowest BCUT2D eigenvalue weighted by atomic mass is 9.98. The number of halogens is 3. The Bertz CT molecular complexity index is 642. The van der Waals surface area contributed by atoms with E-state index in [1.807, 2.05) is 18.2 Å². The predicted octanol–water partition coefficient (Wildman–Crippen LogP) is 4.77. The number of aryl methyl sites for hydroxylation is 1. The first kappa shape index (κ1) is 13.6. The normalized spacial score (nSPS) is 15.3. The molecule has 0 saturated heterocycles. The van der Waals surface area contributed by atoms with Crippen molar-refractivity contribution >= 4 is 15.9 Å². The fourth-order valence-corrected chi connectivity index (χ4v) is 3.08. The minimum atomic E-state index is -0.565. The summed E-state index contributed by atoms with van der Waals surface area (Å²) in [5, 5.41) is 0. The van der Waals surface area contributed by atoms with Gasteiger partial charge in [0.25, 0.3) is 0 Å². The lowest BCUT2D eigenvalue weighted by Gasteiger charge is -2.19. The van der Waals surface area contributed by atoms with Crippen LogP contribution < -0.4 is 4.74 Å². The largest absolute Gasteiger partial charge is 0.493 e. The van der Waals surface area contributed by atoms with Crippen LogP contribution in [0.3, 0.4) is 0 Å². The molecule has 20 heavy (non-hydrogen) atoms. The number of hydrogen-bond donors (Lipinski definition) is 0. The molecule has 0 aromatic heterocycles. The molecular formula is C16H13BrF2O. The van der Waals surface area contributed by atoms with Gasteiger partial charge in [-0.3, -0.25) is 0 Å². The summed E-state index contributed by atoms with van der Waals surface area (Å²) in [6.07, 6.45) is 1.96. The van der Waals surface area contributed by atoms with Crippen molar-refractivity contribution in [2.45, 2.75) is 17.7 Å². The van der Waals surface area contributed by atoms with E-state index in [9.17, 15) is 8.78 Å². The molecule has 1 aliphatic rings. The molecule has 104 valence electrons. The van der Waals surface area contributed by atoms with E-state index < -0.39 is 11.6 Å². The molecule has 0 aliphatic carbocycles. The second-order valence-corrected chi connectivity index (χ2v) is 5.76. The topological polar surface area (TPSA) is 9.23 Å². The molecule has 0 bridgehead atoms. The highest BCUT2D eigenvalue weighted by atomic mass is 79.9. The van der Waals surface area contributed by atoms with Gasteiger partial charge in [0, 0.05) is 11.6 Å². The molecule has 1 atom stereocenters. The number of benzene rings is 2. The van der Waals surface area contributed by atoms with Crippen LogP contribution in [-0.2, 0) is 6.42 Å². The molecule has 1 unspecified atom stereocenters. The summed E-state index contributed by atoms with van der Waals surface area (Å²) in [4.78, 5) is -0.296. The zero-order valence-corrected chi connectivity index (χ0v) is 12.3. The Morgan fingerprint density at radius 3 is 2.75 bits per heavy atom. The molecule has 2 aromatic rings. The molecule has 1 heterocycles. The Hall–Kier alpha value is -1.42. The predicted molar refractivity (Wildman–Crippen MR) is 77.4 cm³/mol. The fourth-order valence-electron chi connectivity index (χ4n) is 2.42. The SMILES string of the molecule is Fc1ccc(C(Br)c2ccc3c(c2)CCCO3)c(F)c1. The lowest BCUT2D eigenvalue weighted by Crippen LogP contribution is -2.09. The molecule has 4 heteroatoms. The van der Waals surface area contributed by atoms with E-state index in [-0.39, 0.29) is 4.83 Å². The zero-order valence-electron chi connectivity index (χ0n) is 10.7. The lowest BCUT2D eigenvalue weighted by molar-refractivity contribution is 0.288. The third-order valence-corrected chi connectivity index (χ3v) is 4.48. The first-order valence-electron chi connectivity index (χ1n) is 6.50. The number of ether oxygens (including phenoxy) is 1. The van der Waals surface area contributed by atoms with Crippen LogP contribution in [0.5, 0.6) is 5.75 Å². The monoisotopic (exact) mass is 338 g/mol. The Morgan fingerprint density at radius 2 is 1.95 bits per heavy atom. The van der Waals surface area contributed by atoms with Crippen LogP contribution in [0.2, 0.25) is 0 Å². The molecule has 1 aliphatic heterocycles. The summed E-state index contributed by atoms with van der Waals surface area (Å²) >= 11 is 3.49. The average molecular weight is 339 g/mol. The highest BCUT2D eigenvalue weighted by Gasteiger charge is 2.18. The Morgan fingerprint density at radius 1 is 1.10 bits per heavy atom. The van der Waals surface area contributed by atoms with Crippen LogP contribution in [0.4, 0.5) is 8.78 Å². The van der Waals surface area contributed by atoms with E-state index in [1.165, 1.54) is 12.1 Å². The quantitative estimate of drug-likeness (QED) is 0.716. The van der Waals surface area contributed by atoms with Gasteiger partial charge in [0.2, 0.25) is 0 Å². The summed E-state index contributed by atoms with van der Waals surface area (Å²) < 4.78 is 32.4.